The Labute approximate surface area is 538 Å². The van der Waals surface area contributed by atoms with E-state index in [1.54, 1.807) is 53.8 Å². The number of piperazine rings is 2. The number of imidazole rings is 1. The zero-order chi connectivity index (χ0) is 63.3. The van der Waals surface area contributed by atoms with Gasteiger partial charge in [-0.2, -0.15) is 0 Å². The molecule has 2 aliphatic heterocycles. The Bertz CT molecular complexity index is 4460. The van der Waals surface area contributed by atoms with E-state index < -0.39 is 35.1 Å². The summed E-state index contributed by atoms with van der Waals surface area (Å²) in [5, 5.41) is 34.6. The predicted octanol–water partition coefficient (Wildman–Crippen LogP) is 2.41. The van der Waals surface area contributed by atoms with Crippen molar-refractivity contribution in [1.29, 1.82) is 0 Å². The highest BCUT2D eigenvalue weighted by Gasteiger charge is 2.32. The van der Waals surface area contributed by atoms with Crippen LogP contribution in [-0.2, 0) is 23.2 Å². The van der Waals surface area contributed by atoms with E-state index in [-0.39, 0.29) is 108 Å². The normalized spacial score (nSPS) is 12.4. The minimum absolute atomic E-state index is 0. The number of aromatic nitrogens is 17. The Morgan fingerprint density at radius 3 is 1.43 bits per heavy atom. The number of nitrogens with zero attached hydrogens (tertiary/aromatic N) is 17. The molecule has 0 bridgehead atoms. The third kappa shape index (κ3) is 15.8. The number of hydrogen-bond donors (Lipinski definition) is 5. The van der Waals surface area contributed by atoms with E-state index in [1.807, 2.05) is 59.1 Å². The fraction of sp³-hybridized carbons (Fsp3) is 0.200. The molecule has 2 fully saturated rings. The molecule has 0 radical (unpaired) electrons. The number of benzene rings is 2. The average molecular weight is 1320 g/mol. The number of fused-ring (bicyclic) bond motifs is 3. The van der Waals surface area contributed by atoms with Gasteiger partial charge >= 0.3 is 5.97 Å². The largest absolute Gasteiger partial charge is 1.00 e. The number of carbonyl (C=O) groups is 6. The van der Waals surface area contributed by atoms with Crippen LogP contribution in [0, 0.1) is 17.5 Å². The number of aromatic amines is 3. The van der Waals surface area contributed by atoms with Crippen LogP contribution in [0.15, 0.2) is 160 Å². The van der Waals surface area contributed by atoms with E-state index in [9.17, 15) is 41.9 Å². The molecule has 2 saturated heterocycles. The summed E-state index contributed by atoms with van der Waals surface area (Å²) in [5.74, 6) is -5.31. The quantitative estimate of drug-likeness (QED) is 0.0746. The third-order valence-corrected chi connectivity index (χ3v) is 14.1. The van der Waals surface area contributed by atoms with Crippen LogP contribution in [0.4, 0.5) is 13.2 Å². The number of hydrogen-bond acceptors (Lipinski definition) is 16. The number of H-pyrrole nitrogens is 3. The SMILES string of the molecule is C.CCn1cc[n+](C)c1.Cl.Fc1cnc(-n2ccnn2)c2[nH]ccc12.O=C(C(=O)N1CCN(C(=O)c2ccccc2)CC1)c1c[nH]c2c(-n3ccnn3)ncc(F)c12.O=C(O)C(=O)c1c[nH]c2c(-n3ccnn3)ncc(F)c12.O=C(c1ccccc1)N1CCNCC1.[Cl-]. The molecule has 93 heavy (non-hydrogen) atoms. The first-order valence-electron chi connectivity index (χ1n) is 27.7. The van der Waals surface area contributed by atoms with Crippen molar-refractivity contribution in [2.45, 2.75) is 20.9 Å². The van der Waals surface area contributed by atoms with Crippen LogP contribution < -0.4 is 22.3 Å². The third-order valence-electron chi connectivity index (χ3n) is 14.1. The van der Waals surface area contributed by atoms with Gasteiger partial charge in [0.1, 0.15) is 12.4 Å². The van der Waals surface area contributed by atoms with Crippen molar-refractivity contribution < 1.29 is 64.0 Å². The van der Waals surface area contributed by atoms with Crippen molar-refractivity contribution in [2.75, 3.05) is 52.4 Å². The number of carboxylic acids is 1. The lowest BCUT2D eigenvalue weighted by Gasteiger charge is -2.34. The highest BCUT2D eigenvalue weighted by atomic mass is 35.5. The molecule has 12 aromatic rings. The summed E-state index contributed by atoms with van der Waals surface area (Å²) in [5.41, 5.74) is 2.01. The summed E-state index contributed by atoms with van der Waals surface area (Å²) < 4.78 is 50.0. The maximum Gasteiger partial charge on any atom is 0.377 e. The van der Waals surface area contributed by atoms with E-state index in [4.69, 9.17) is 5.11 Å². The van der Waals surface area contributed by atoms with Crippen LogP contribution in [-0.4, -0.2) is 187 Å². The Morgan fingerprint density at radius 2 is 1.01 bits per heavy atom. The van der Waals surface area contributed by atoms with E-state index in [0.717, 1.165) is 56.9 Å². The fourth-order valence-electron chi connectivity index (χ4n) is 9.61. The molecule has 2 aromatic carbocycles. The Kier molecular flexibility index (Phi) is 23.7. The van der Waals surface area contributed by atoms with Gasteiger partial charge in [0, 0.05) is 87.5 Å². The second kappa shape index (κ2) is 31.9. The van der Waals surface area contributed by atoms with Crippen LogP contribution in [0.1, 0.15) is 55.8 Å². The van der Waals surface area contributed by atoms with Crippen LogP contribution in [0.25, 0.3) is 50.2 Å². The molecular weight excluding hydrogens is 1250 g/mol. The van der Waals surface area contributed by atoms with Gasteiger partial charge in [0.2, 0.25) is 6.33 Å². The molecule has 12 heterocycles. The summed E-state index contributed by atoms with van der Waals surface area (Å²) in [6.45, 7) is 7.63. The first kappa shape index (κ1) is 69.2. The number of pyridine rings is 3. The first-order chi connectivity index (χ1) is 43.7. The standard InChI is InChI=1S/C22H18FN7O3.C11H6FN5O3.C11H14N2O.C9H6FN5.C6H11N2.CH4.2ClH/c23-16-13-25-20(30-7-6-26-27-30)18-17(16)15(12-24-18)19(31)22(33)29-10-8-28(9-11-29)21(32)14-4-2-1-3-5-14;12-6-4-14-10(17-2-1-15-16-17)8-7(6)5(3-13-8)9(18)11(19)20;14-11(10-4-2-1-3-5-10)13-8-6-12-7-9-13;10-7-5-12-9(15-4-3-13-14-15)8-6(7)1-2-11-8;1-3-8-5-4-7(2)6-8;;;/h1-7,12-13,24H,8-11H2;1-4,13H,(H,19,20);1-5,12H,6-9H2;1-5,11H;4-6H,3H2,1-2H3;1H4;2*1H/q;;;;+1;;;/p-1. The van der Waals surface area contributed by atoms with Gasteiger partial charge in [-0.15, -0.1) is 27.7 Å². The van der Waals surface area contributed by atoms with E-state index in [0.29, 0.717) is 35.4 Å². The lowest BCUT2D eigenvalue weighted by Crippen LogP contribution is -3.00. The van der Waals surface area contributed by atoms with E-state index in [1.165, 1.54) is 56.1 Å². The minimum atomic E-state index is -1.66. The number of Topliss-reactive ketones (excluding diaryl/α,β-unsaturated/α-hetero) is 2. The number of aliphatic carboxylic acids is 1. The van der Waals surface area contributed by atoms with Gasteiger partial charge in [0.15, 0.2) is 34.9 Å². The number of nitrogens with one attached hydrogen (secondary N) is 4. The van der Waals surface area contributed by atoms with Crippen molar-refractivity contribution in [3.05, 3.63) is 200 Å². The monoisotopic (exact) mass is 1310 g/mol. The number of rotatable bonds is 10. The first-order valence-corrected chi connectivity index (χ1v) is 27.7. The summed E-state index contributed by atoms with van der Waals surface area (Å²) in [6.07, 6.45) is 22.3. The molecule has 0 atom stereocenters. The van der Waals surface area contributed by atoms with E-state index in [2.05, 4.69) is 90.2 Å². The number of aryl methyl sites for hydroxylation is 2. The molecule has 0 unspecified atom stereocenters. The van der Waals surface area contributed by atoms with Crippen molar-refractivity contribution in [3.8, 4) is 17.5 Å². The molecule has 0 saturated carbocycles. The lowest BCUT2D eigenvalue weighted by atomic mass is 10.1. The van der Waals surface area contributed by atoms with Crippen LogP contribution >= 0.6 is 12.4 Å². The van der Waals surface area contributed by atoms with Gasteiger partial charge in [-0.3, -0.25) is 24.0 Å². The number of carboxylic acid groups (broad SMARTS) is 1. The molecule has 10 aromatic heterocycles. The topological polar surface area (TPSA) is 331 Å². The predicted molar refractivity (Wildman–Crippen MR) is 329 cm³/mol. The Morgan fingerprint density at radius 1 is 0.570 bits per heavy atom. The number of carbonyl (C=O) groups excluding carboxylic acids is 5. The zero-order valence-electron chi connectivity index (χ0n) is 48.8. The number of ketones is 2. The van der Waals surface area contributed by atoms with E-state index >= 15 is 0 Å². The highest BCUT2D eigenvalue weighted by molar-refractivity contribution is 6.45. The molecule has 0 spiro atoms. The summed E-state index contributed by atoms with van der Waals surface area (Å²) in [7, 11) is 2.02. The molecule has 3 amide bonds. The van der Waals surface area contributed by atoms with Crippen molar-refractivity contribution in [2.24, 2.45) is 7.05 Å². The van der Waals surface area contributed by atoms with Crippen LogP contribution in [0.5, 0.6) is 0 Å². The zero-order valence-corrected chi connectivity index (χ0v) is 50.4. The molecule has 5 N–H and O–H groups in total. The molecule has 2 aliphatic rings. The Balaban J connectivity index is 0.000000176. The van der Waals surface area contributed by atoms with Gasteiger partial charge in [0.25, 0.3) is 29.3 Å². The Hall–Kier alpha value is -11.3. The second-order valence-corrected chi connectivity index (χ2v) is 19.7. The molecule has 33 heteroatoms. The summed E-state index contributed by atoms with van der Waals surface area (Å²) in [6, 6.07) is 20.0. The maximum atomic E-state index is 14.6. The highest BCUT2D eigenvalue weighted by Crippen LogP contribution is 2.28. The van der Waals surface area contributed by atoms with Crippen molar-refractivity contribution >= 4 is 80.4 Å². The lowest BCUT2D eigenvalue weighted by molar-refractivity contribution is -0.671. The van der Waals surface area contributed by atoms with Gasteiger partial charge in [0.05, 0.1) is 108 Å². The molecular formula is C60H60Cl2F3N21O7. The number of amides is 3. The smallest absolute Gasteiger partial charge is 0.377 e. The molecule has 482 valence electrons. The van der Waals surface area contributed by atoms with Gasteiger partial charge in [-0.1, -0.05) is 59.5 Å². The summed E-state index contributed by atoms with van der Waals surface area (Å²) >= 11 is 0. The van der Waals surface area contributed by atoms with Crippen molar-refractivity contribution in [1.82, 2.24) is 99.5 Å². The second-order valence-electron chi connectivity index (χ2n) is 19.7. The van der Waals surface area contributed by atoms with Crippen LogP contribution in [0.3, 0.4) is 0 Å². The van der Waals surface area contributed by atoms with Gasteiger partial charge in [-0.25, -0.2) is 56.1 Å². The summed E-state index contributed by atoms with van der Waals surface area (Å²) in [4.78, 5) is 97.8. The minimum Gasteiger partial charge on any atom is -1.00 e. The fourth-order valence-corrected chi connectivity index (χ4v) is 9.61. The molecule has 28 nitrogen and oxygen atoms in total. The number of halogens is 5. The van der Waals surface area contributed by atoms with Crippen molar-refractivity contribution in [3.63, 3.8) is 0 Å². The molecule has 0 aliphatic carbocycles. The van der Waals surface area contributed by atoms with Gasteiger partial charge < -0.3 is 52.5 Å². The van der Waals surface area contributed by atoms with Crippen LogP contribution in [0.2, 0.25) is 0 Å². The average Bonchev–Trinajstić information content (AvgIpc) is 1.67. The maximum absolute atomic E-state index is 14.6. The van der Waals surface area contributed by atoms with Gasteiger partial charge in [-0.05, 0) is 37.3 Å². The molecule has 14 rings (SSSR count).